The SMILES string of the molecule is CCC(=O)c1ccc(-c2cnn3c(N)c(C(C)=O)c(C4C[C@H]5CC[C@@H](C4)N5)nc23)cn1.CCC(=O)c1ccc(-c2cnn3c(N)c(C(C)=O)c(C4C[C@H]5CC[C@@H](C4)N5C(=O)c4ncn[nH]4)nc23)cn1.CCC(O)(CC)c1ccc(-c2cnn3c(N)c(C(C)=O)c(C4C[C@H]5CC[C@@H](C4)N5)nc23)cn1.CCC(O)(CC)c1ccc(-c2cnn3c(N)c(C(C)=O)c(C4C[C@H]5CC[C@@H](C4)N5C(=O)c4ncn[nH]4)nc23)cn1.O=C(O)c1ncn[nH]1. The quantitative estimate of drug-likeness (QED) is 0.0236. The molecule has 15 aromatic rings. The molecule has 45 heteroatoms. The fourth-order valence-electron chi connectivity index (χ4n) is 23.4. The molecule has 8 aliphatic heterocycles. The Bertz CT molecular complexity index is 7590. The van der Waals surface area contributed by atoms with Crippen molar-refractivity contribution < 1.29 is 58.5 Å². The van der Waals surface area contributed by atoms with Gasteiger partial charge >= 0.3 is 5.97 Å². The Balaban J connectivity index is 0.000000123. The van der Waals surface area contributed by atoms with Gasteiger partial charge in [-0.1, -0.05) is 65.8 Å². The van der Waals surface area contributed by atoms with Gasteiger partial charge < -0.3 is 58.7 Å². The third kappa shape index (κ3) is 19.5. The second kappa shape index (κ2) is 42.3. The average Bonchev–Trinajstić information content (AvgIpc) is 1.59. The molecule has 23 heterocycles. The number of aromatic nitrogens is 25. The Labute approximate surface area is 860 Å². The first kappa shape index (κ1) is 103. The fraction of sp³-hybridized carbons (Fsp3) is 0.438. The number of piperidine rings is 4. The van der Waals surface area contributed by atoms with Gasteiger partial charge in [0.05, 0.1) is 81.2 Å². The van der Waals surface area contributed by atoms with E-state index in [0.717, 1.165) is 108 Å². The number of pyridine rings is 4. The molecule has 8 fully saturated rings. The van der Waals surface area contributed by atoms with E-state index < -0.39 is 17.2 Å². The maximum Gasteiger partial charge on any atom is 0.373 e. The van der Waals surface area contributed by atoms with Crippen LogP contribution in [0.4, 0.5) is 23.3 Å². The van der Waals surface area contributed by atoms with Gasteiger partial charge in [-0.05, 0) is 180 Å². The third-order valence-corrected chi connectivity index (χ3v) is 31.3. The predicted octanol–water partition coefficient (Wildman–Crippen LogP) is 12.3. The van der Waals surface area contributed by atoms with E-state index in [-0.39, 0.29) is 123 Å². The summed E-state index contributed by atoms with van der Waals surface area (Å²) in [4.78, 5) is 164. The highest BCUT2D eigenvalue weighted by Gasteiger charge is 2.49. The van der Waals surface area contributed by atoms with Gasteiger partial charge in [0.15, 0.2) is 57.3 Å². The number of H-pyrrole nitrogens is 3. The lowest BCUT2D eigenvalue weighted by Crippen LogP contribution is -2.46. The number of amides is 2. The number of nitrogens with one attached hydrogen (secondary N) is 5. The maximum atomic E-state index is 13.1. The number of hydrogen-bond donors (Lipinski definition) is 12. The molecule has 16 N–H and O–H groups in total. The molecular formula is C105H121N33O12. The van der Waals surface area contributed by atoms with Gasteiger partial charge in [0, 0.05) is 154 Å². The zero-order valence-corrected chi connectivity index (χ0v) is 85.0. The van der Waals surface area contributed by atoms with Crippen LogP contribution in [0.3, 0.4) is 0 Å². The summed E-state index contributed by atoms with van der Waals surface area (Å²) in [5.41, 5.74) is 39.4. The van der Waals surface area contributed by atoms with Crippen molar-refractivity contribution in [2.75, 3.05) is 22.9 Å². The van der Waals surface area contributed by atoms with Crippen LogP contribution in [-0.4, -0.2) is 250 Å². The normalized spacial score (nSPS) is 21.0. The second-order valence-electron chi connectivity index (χ2n) is 40.1. The number of nitrogens with zero attached hydrogens (tertiary/aromatic N) is 24. The number of Topliss-reactive ketones (excluding diaryl/α,β-unsaturated/α-hetero) is 6. The van der Waals surface area contributed by atoms with Gasteiger partial charge in [-0.3, -0.25) is 73.6 Å². The van der Waals surface area contributed by atoms with Gasteiger partial charge in [0.1, 0.15) is 64.8 Å². The fourth-order valence-corrected chi connectivity index (χ4v) is 23.4. The van der Waals surface area contributed by atoms with Crippen molar-refractivity contribution in [2.24, 2.45) is 0 Å². The average molecular weight is 2040 g/mol. The summed E-state index contributed by atoms with van der Waals surface area (Å²) in [5.74, 6) is -0.157. The smallest absolute Gasteiger partial charge is 0.373 e. The topological polar surface area (TPSA) is 646 Å². The second-order valence-corrected chi connectivity index (χ2v) is 40.1. The molecule has 8 saturated heterocycles. The van der Waals surface area contributed by atoms with E-state index in [2.05, 4.69) is 96.5 Å². The number of hydrogen-bond acceptors (Lipinski definition) is 35. The number of ketones is 6. The molecule has 8 bridgehead atoms. The molecule has 12 atom stereocenters. The van der Waals surface area contributed by atoms with Crippen LogP contribution in [-0.2, 0) is 11.2 Å². The van der Waals surface area contributed by atoms with E-state index in [0.29, 0.717) is 185 Å². The number of nitrogens with two attached hydrogens (primary N) is 4. The minimum Gasteiger partial charge on any atom is -0.475 e. The maximum absolute atomic E-state index is 13.1. The van der Waals surface area contributed by atoms with Gasteiger partial charge in [-0.2, -0.15) is 53.8 Å². The molecule has 150 heavy (non-hydrogen) atoms. The first-order valence-corrected chi connectivity index (χ1v) is 51.3. The lowest BCUT2D eigenvalue weighted by Gasteiger charge is -2.38. The van der Waals surface area contributed by atoms with Crippen molar-refractivity contribution in [2.45, 2.75) is 294 Å². The van der Waals surface area contributed by atoms with Gasteiger partial charge in [-0.25, -0.2) is 39.7 Å². The Morgan fingerprint density at radius 1 is 0.347 bits per heavy atom. The molecule has 8 aliphatic rings. The highest BCUT2D eigenvalue weighted by molar-refractivity contribution is 6.04. The highest BCUT2D eigenvalue weighted by Crippen LogP contribution is 2.50. The van der Waals surface area contributed by atoms with Crippen LogP contribution in [0.1, 0.15) is 363 Å². The van der Waals surface area contributed by atoms with Crippen LogP contribution >= 0.6 is 0 Å². The van der Waals surface area contributed by atoms with Crippen molar-refractivity contribution in [3.05, 3.63) is 202 Å². The zero-order valence-electron chi connectivity index (χ0n) is 85.0. The summed E-state index contributed by atoms with van der Waals surface area (Å²) >= 11 is 0. The highest BCUT2D eigenvalue weighted by atomic mass is 16.4. The minimum absolute atomic E-state index is 0.00251. The molecule has 0 radical (unpaired) electrons. The standard InChI is InChI=1S/C28H33N9O3.C26H27N9O3.C25H32N6O2.C23H26N6O2.C3H3N3O2/c1-4-28(40,5-2)21-9-6-16(12-30-21)20-13-33-37-24(29)22(15(3)38)23(34-26(20)37)17-10-18-7-8-19(11-17)36(18)27(39)25-31-14-32-35-25;1-3-20(37)19-7-4-14(10-28-19)18-11-31-35-23(27)21(13(2)36)22(32-25(18)35)15-8-16-5-6-17(9-15)34(16)26(38)24-29-12-30-33-24;1-4-25(33,5-2)20-9-6-15(12-27-20)19-13-28-31-23(26)21(14(3)32)22(30-24(19)31)16-10-17-7-8-18(11-16)29-17;1-3-19(31)18-7-4-13(10-25-18)17-11-26-29-22(24)20(12(2)30)21(28-23(17)29)14-8-15-5-6-16(9-14)27-15;7-3(8)2-4-1-5-6-2/h6,9,12-14,17-19,40H,4-5,7-8,10-11,29H2,1-3H3,(H,31,32,35);4,7,10-12,15-17H,3,5-6,8-9,27H2,1-2H3,(H,29,30,33);6,9,12-13,16-18,29,33H,4-5,7-8,10-11,26H2,1-3H3;4,7,10-11,14-16,27H,3,5-6,8-9,24H2,1-2H3;1H,(H,7,8)(H,4,5,6)/t17?,18-,19+;15?,16-,17+;16?,17-,18+;14?,15-,16+;. The summed E-state index contributed by atoms with van der Waals surface area (Å²) < 4.78 is 6.09. The largest absolute Gasteiger partial charge is 0.475 e. The molecule has 45 nitrogen and oxygen atoms in total. The summed E-state index contributed by atoms with van der Waals surface area (Å²) in [6, 6.07) is 16.6. The van der Waals surface area contributed by atoms with Gasteiger partial charge in [0.25, 0.3) is 11.8 Å². The third-order valence-electron chi connectivity index (χ3n) is 31.3. The Morgan fingerprint density at radius 3 is 0.833 bits per heavy atom. The van der Waals surface area contributed by atoms with Crippen molar-refractivity contribution in [1.29, 1.82) is 0 Å². The van der Waals surface area contributed by atoms with E-state index in [1.165, 1.54) is 72.7 Å². The Morgan fingerprint density at radius 2 is 0.613 bits per heavy atom. The first-order valence-electron chi connectivity index (χ1n) is 51.3. The van der Waals surface area contributed by atoms with Crippen molar-refractivity contribution in [1.82, 2.24) is 144 Å². The monoisotopic (exact) mass is 2040 g/mol. The van der Waals surface area contributed by atoms with E-state index in [4.69, 9.17) is 48.0 Å². The Hall–Kier alpha value is -16.0. The molecule has 778 valence electrons. The number of carbonyl (C=O) groups excluding carboxylic acids is 8. The number of carbonyl (C=O) groups is 9. The minimum atomic E-state index is -1.09. The Kier molecular flexibility index (Phi) is 28.9. The number of aromatic carboxylic acids is 1. The van der Waals surface area contributed by atoms with E-state index in [1.54, 1.807) is 80.1 Å². The molecule has 2 amide bonds. The number of aromatic amines is 3. The molecule has 0 saturated carbocycles. The van der Waals surface area contributed by atoms with E-state index in [9.17, 15) is 53.4 Å². The molecule has 15 aromatic heterocycles. The summed E-state index contributed by atoms with van der Waals surface area (Å²) in [6.45, 7) is 17.5. The summed E-state index contributed by atoms with van der Waals surface area (Å²) in [6.07, 6.45) is 35.1. The van der Waals surface area contributed by atoms with Gasteiger partial charge in [-0.15, -0.1) is 0 Å². The molecule has 0 aliphatic carbocycles. The summed E-state index contributed by atoms with van der Waals surface area (Å²) in [5, 5.41) is 73.4. The number of fused-ring (bicyclic) bond motifs is 12. The van der Waals surface area contributed by atoms with Crippen LogP contribution in [0.5, 0.6) is 0 Å². The van der Waals surface area contributed by atoms with Crippen molar-refractivity contribution in [3.8, 4) is 44.5 Å². The molecule has 0 aromatic carbocycles. The van der Waals surface area contributed by atoms with Crippen molar-refractivity contribution >= 4 is 98.3 Å². The van der Waals surface area contributed by atoms with Gasteiger partial charge in [0.2, 0.25) is 17.5 Å². The number of aliphatic hydroxyl groups is 2. The lowest BCUT2D eigenvalue weighted by molar-refractivity contribution is 0.0237. The number of nitrogen functional groups attached to an aromatic ring is 4. The summed E-state index contributed by atoms with van der Waals surface area (Å²) in [7, 11) is 0. The number of carboxylic acid groups (broad SMARTS) is 1. The molecule has 23 rings (SSSR count). The number of carboxylic acids is 1. The zero-order chi connectivity index (χ0) is 106. The first-order chi connectivity index (χ1) is 72.2. The van der Waals surface area contributed by atoms with E-state index >= 15 is 0 Å². The number of anilines is 4. The molecular weight excluding hydrogens is 1920 g/mol. The van der Waals surface area contributed by atoms with Crippen LogP contribution < -0.4 is 33.6 Å². The van der Waals surface area contributed by atoms with E-state index in [1.807, 2.05) is 80.8 Å². The molecule has 0 spiro atoms. The van der Waals surface area contributed by atoms with Crippen LogP contribution in [0.15, 0.2) is 117 Å². The van der Waals surface area contributed by atoms with Crippen LogP contribution in [0, 0.1) is 0 Å². The van der Waals surface area contributed by atoms with Crippen molar-refractivity contribution in [3.63, 3.8) is 0 Å². The van der Waals surface area contributed by atoms with Crippen LogP contribution in [0.2, 0.25) is 0 Å². The predicted molar refractivity (Wildman–Crippen MR) is 551 cm³/mol. The lowest BCUT2D eigenvalue weighted by atomic mass is 9.85. The number of rotatable bonds is 25. The molecule has 4 unspecified atom stereocenters. The van der Waals surface area contributed by atoms with Crippen LogP contribution in [0.25, 0.3) is 67.1 Å².